The lowest BCUT2D eigenvalue weighted by atomic mass is 9.97. The van der Waals surface area contributed by atoms with Crippen molar-refractivity contribution in [2.75, 3.05) is 46.0 Å². The first-order chi connectivity index (χ1) is 20.3. The van der Waals surface area contributed by atoms with Crippen LogP contribution in [-0.2, 0) is 20.9 Å². The van der Waals surface area contributed by atoms with E-state index >= 15 is 0 Å². The van der Waals surface area contributed by atoms with Crippen LogP contribution < -0.4 is 5.32 Å². The van der Waals surface area contributed by atoms with Gasteiger partial charge < -0.3 is 15.2 Å². The van der Waals surface area contributed by atoms with E-state index < -0.39 is 0 Å². The number of thiophene rings is 1. The lowest BCUT2D eigenvalue weighted by molar-refractivity contribution is -0.141. The smallest absolute Gasteiger partial charge is 0.233 e. The molecule has 8 nitrogen and oxygen atoms in total. The molecule has 2 aliphatic heterocycles. The Kier molecular flexibility index (Phi) is 12.1. The molecule has 42 heavy (non-hydrogen) atoms. The Labute approximate surface area is 267 Å². The summed E-state index contributed by atoms with van der Waals surface area (Å²) in [6, 6.07) is 8.53. The number of thiol groups is 2. The Morgan fingerprint density at radius 1 is 1.14 bits per heavy atom. The van der Waals surface area contributed by atoms with Gasteiger partial charge in [0.15, 0.2) is 0 Å². The van der Waals surface area contributed by atoms with Crippen molar-refractivity contribution in [3.05, 3.63) is 51.5 Å². The molecule has 0 bridgehead atoms. The third kappa shape index (κ3) is 7.87. The topological polar surface area (TPSA) is 95.0 Å². The number of hydrogen-bond acceptors (Lipinski definition) is 10. The van der Waals surface area contributed by atoms with Gasteiger partial charge >= 0.3 is 0 Å². The molecule has 1 aliphatic carbocycles. The van der Waals surface area contributed by atoms with Gasteiger partial charge in [-0.1, -0.05) is 11.6 Å². The first-order valence-electron chi connectivity index (χ1n) is 14.1. The van der Waals surface area contributed by atoms with Gasteiger partial charge in [0.05, 0.1) is 48.4 Å². The molecule has 1 saturated carbocycles. The highest BCUT2D eigenvalue weighted by Gasteiger charge is 2.58. The fourth-order valence-corrected chi connectivity index (χ4v) is 6.91. The highest BCUT2D eigenvalue weighted by Crippen LogP contribution is 2.48. The second kappa shape index (κ2) is 15.3. The molecule has 2 N–H and O–H groups in total. The molecule has 2 amide bonds. The summed E-state index contributed by atoms with van der Waals surface area (Å²) < 4.78 is 6.27. The summed E-state index contributed by atoms with van der Waals surface area (Å²) in [5.74, 6) is -0.149. The van der Waals surface area contributed by atoms with Crippen molar-refractivity contribution in [1.82, 2.24) is 20.1 Å². The third-order valence-corrected chi connectivity index (χ3v) is 9.26. The number of aromatic nitrogens is 1. The summed E-state index contributed by atoms with van der Waals surface area (Å²) in [5.41, 5.74) is 5.39. The fourth-order valence-electron chi connectivity index (χ4n) is 5.51. The number of nitrogens with one attached hydrogen (secondary N) is 1. The Hall–Kier alpha value is -1.70. The van der Waals surface area contributed by atoms with Crippen LogP contribution in [0.3, 0.4) is 0 Å². The van der Waals surface area contributed by atoms with Crippen molar-refractivity contribution < 1.29 is 19.4 Å². The number of halogens is 1. The number of fused-ring (bicyclic) bond motifs is 2. The maximum absolute atomic E-state index is 12.3. The van der Waals surface area contributed by atoms with Crippen molar-refractivity contribution in [3.63, 3.8) is 0 Å². The quantitative estimate of drug-likeness (QED) is 0.121. The molecule has 0 radical (unpaired) electrons. The van der Waals surface area contributed by atoms with E-state index in [2.05, 4.69) is 59.3 Å². The van der Waals surface area contributed by atoms with Gasteiger partial charge in [0.2, 0.25) is 11.8 Å². The SMILES string of the molecule is CC1CN(CCOCCO)CCN1.Cc1cc(Cl)cc(-c2ccnc3cc(CN4C(=O)C5CC5C4=O)sc23)c1C.SS. The summed E-state index contributed by atoms with van der Waals surface area (Å²) in [5, 5.41) is 12.6. The molecule has 1 aromatic carbocycles. The lowest BCUT2D eigenvalue weighted by Crippen LogP contribution is -2.49. The van der Waals surface area contributed by atoms with Crippen LogP contribution in [-0.4, -0.2) is 83.7 Å². The number of rotatable bonds is 8. The summed E-state index contributed by atoms with van der Waals surface area (Å²) in [4.78, 5) is 33.8. The maximum atomic E-state index is 12.3. The summed E-state index contributed by atoms with van der Waals surface area (Å²) in [6.07, 6.45) is 2.53. The van der Waals surface area contributed by atoms with Crippen molar-refractivity contribution in [2.24, 2.45) is 11.8 Å². The van der Waals surface area contributed by atoms with E-state index in [9.17, 15) is 9.59 Å². The van der Waals surface area contributed by atoms with Crippen LogP contribution in [0.25, 0.3) is 21.3 Å². The monoisotopic (exact) mass is 650 g/mol. The minimum absolute atomic E-state index is 0.0167. The number of amides is 2. The number of aliphatic hydroxyl groups excluding tert-OH is 1. The van der Waals surface area contributed by atoms with Gasteiger partial charge in [0.25, 0.3) is 0 Å². The van der Waals surface area contributed by atoms with Crippen molar-refractivity contribution in [3.8, 4) is 11.1 Å². The number of aliphatic hydroxyl groups is 1. The van der Waals surface area contributed by atoms with Crippen LogP contribution in [0.15, 0.2) is 30.5 Å². The number of piperazine rings is 1. The van der Waals surface area contributed by atoms with Gasteiger partial charge in [-0.05, 0) is 68.1 Å². The number of hydrogen-bond donors (Lipinski definition) is 4. The minimum Gasteiger partial charge on any atom is -0.394 e. The first-order valence-corrected chi connectivity index (χ1v) is 16.9. The van der Waals surface area contributed by atoms with E-state index in [1.54, 1.807) is 17.5 Å². The highest BCUT2D eigenvalue weighted by atomic mass is 35.5. The van der Waals surface area contributed by atoms with Crippen molar-refractivity contribution >= 4 is 68.3 Å². The summed E-state index contributed by atoms with van der Waals surface area (Å²) in [6.45, 7) is 12.3. The van der Waals surface area contributed by atoms with Gasteiger partial charge in [-0.15, -0.1) is 34.7 Å². The molecular weight excluding hydrogens is 612 g/mol. The standard InChI is InChI=1S/C21H17ClN2O2S.C9H20N2O2.H2S2/c1-10-5-12(22)6-15(11(10)2)14-3-4-23-18-7-13(27-19(14)18)9-24-20(25)16-8-17(16)21(24)26;1-9-8-11(3-2-10-9)4-6-13-7-5-12;1-2/h3-7,16-17H,8-9H2,1-2H3;9-10,12H,2-8H2,1H3;1-2H. The van der Waals surface area contributed by atoms with Gasteiger partial charge in [-0.2, -0.15) is 0 Å². The molecule has 228 valence electrons. The summed E-state index contributed by atoms with van der Waals surface area (Å²) in [7, 11) is 0. The van der Waals surface area contributed by atoms with Gasteiger partial charge in [0, 0.05) is 53.9 Å². The number of benzene rings is 1. The van der Waals surface area contributed by atoms with Crippen LogP contribution in [0.5, 0.6) is 0 Å². The zero-order valence-electron chi connectivity index (χ0n) is 24.2. The number of nitrogens with zero attached hydrogens (tertiary/aromatic N) is 3. The van der Waals surface area contributed by atoms with Gasteiger partial charge in [-0.25, -0.2) is 0 Å². The van der Waals surface area contributed by atoms with E-state index in [0.29, 0.717) is 24.2 Å². The molecule has 2 aromatic heterocycles. The number of carbonyl (C=O) groups is 2. The van der Waals surface area contributed by atoms with Crippen molar-refractivity contribution in [1.29, 1.82) is 0 Å². The van der Waals surface area contributed by atoms with Gasteiger partial charge in [-0.3, -0.25) is 24.4 Å². The fraction of sp³-hybridized carbons (Fsp3) is 0.500. The molecule has 3 aliphatic rings. The zero-order chi connectivity index (χ0) is 30.4. The maximum Gasteiger partial charge on any atom is 0.233 e. The second-order valence-electron chi connectivity index (χ2n) is 10.9. The number of aryl methyl sites for hydroxylation is 1. The van der Waals surface area contributed by atoms with Crippen LogP contribution in [0, 0.1) is 25.7 Å². The van der Waals surface area contributed by atoms with E-state index in [4.69, 9.17) is 21.4 Å². The number of piperidine rings is 1. The van der Waals surface area contributed by atoms with E-state index in [0.717, 1.165) is 71.0 Å². The number of imide groups is 1. The minimum atomic E-state index is -0.0577. The molecular formula is C30H39ClN4O4S3. The highest BCUT2D eigenvalue weighted by molar-refractivity contribution is 8.59. The van der Waals surface area contributed by atoms with E-state index in [-0.39, 0.29) is 30.3 Å². The molecule has 3 aromatic rings. The Morgan fingerprint density at radius 3 is 2.57 bits per heavy atom. The molecule has 3 unspecified atom stereocenters. The lowest BCUT2D eigenvalue weighted by Gasteiger charge is -2.31. The van der Waals surface area contributed by atoms with E-state index in [1.807, 2.05) is 24.3 Å². The number of likely N-dealkylation sites (tertiary alicyclic amines) is 1. The first kappa shape index (κ1) is 33.2. The van der Waals surface area contributed by atoms with Crippen molar-refractivity contribution in [2.45, 2.75) is 39.8 Å². The van der Waals surface area contributed by atoms with Crippen LogP contribution >= 0.6 is 46.3 Å². The molecule has 2 saturated heterocycles. The second-order valence-corrected chi connectivity index (χ2v) is 12.5. The molecule has 4 heterocycles. The number of ether oxygens (including phenoxy) is 1. The predicted octanol–water partition coefficient (Wildman–Crippen LogP) is 4.79. The summed E-state index contributed by atoms with van der Waals surface area (Å²) >= 11 is 14.3. The molecule has 0 spiro atoms. The average molecular weight is 651 g/mol. The molecule has 3 atom stereocenters. The zero-order valence-corrected chi connectivity index (χ0v) is 27.5. The van der Waals surface area contributed by atoms with Crippen LogP contribution in [0.1, 0.15) is 29.3 Å². The number of carbonyl (C=O) groups excluding carboxylic acids is 2. The molecule has 6 rings (SSSR count). The van der Waals surface area contributed by atoms with Gasteiger partial charge in [0.1, 0.15) is 0 Å². The Balaban J connectivity index is 0.000000229. The molecule has 3 fully saturated rings. The Bertz CT molecular complexity index is 1380. The van der Waals surface area contributed by atoms with Crippen LogP contribution in [0.4, 0.5) is 0 Å². The normalized spacial score (nSPS) is 21.5. The predicted molar refractivity (Wildman–Crippen MR) is 176 cm³/mol. The average Bonchev–Trinajstić information content (AvgIpc) is 3.62. The Morgan fingerprint density at radius 2 is 1.88 bits per heavy atom. The largest absolute Gasteiger partial charge is 0.394 e. The van der Waals surface area contributed by atoms with Crippen LogP contribution in [0.2, 0.25) is 5.02 Å². The molecule has 12 heteroatoms. The van der Waals surface area contributed by atoms with E-state index in [1.165, 1.54) is 10.5 Å². The third-order valence-electron chi connectivity index (χ3n) is 7.90. The number of pyridine rings is 1.